The third-order valence-electron chi connectivity index (χ3n) is 6.03. The predicted molar refractivity (Wildman–Crippen MR) is 142 cm³/mol. The van der Waals surface area contributed by atoms with Gasteiger partial charge in [-0.1, -0.05) is 82.6 Å². The quantitative estimate of drug-likeness (QED) is 0.0645. The first kappa shape index (κ1) is 32.5. The number of quaternary nitrogens is 1. The molecule has 1 unspecified atom stereocenters. The van der Waals surface area contributed by atoms with Gasteiger partial charge in [0.1, 0.15) is 6.54 Å². The number of nitrogens with zero attached hydrogens (tertiary/aromatic N) is 1. The average Bonchev–Trinajstić information content (AvgIpc) is 2.70. The van der Waals surface area contributed by atoms with Gasteiger partial charge in [-0.2, -0.15) is 0 Å². The van der Waals surface area contributed by atoms with E-state index in [0.717, 1.165) is 32.1 Å². The Kier molecular flexibility index (Phi) is 18.6. The van der Waals surface area contributed by atoms with Crippen molar-refractivity contribution in [3.8, 4) is 0 Å². The smallest absolute Gasteiger partial charge is 0.362 e. The summed E-state index contributed by atoms with van der Waals surface area (Å²) in [5.41, 5.74) is 0. The lowest BCUT2D eigenvalue weighted by Crippen LogP contribution is -2.49. The summed E-state index contributed by atoms with van der Waals surface area (Å²) in [5.74, 6) is 0. The number of likely N-dealkylation sites (N-methyl/N-ethyl adjacent to an activating group) is 1. The Hall–Kier alpha value is -0.450. The van der Waals surface area contributed by atoms with Crippen LogP contribution in [0.1, 0.15) is 116 Å². The van der Waals surface area contributed by atoms with E-state index in [1.54, 1.807) is 0 Å². The molecule has 0 spiro atoms. The molecule has 0 aliphatic carbocycles. The van der Waals surface area contributed by atoms with Crippen molar-refractivity contribution < 1.29 is 23.9 Å². The number of hydrogen-bond acceptors (Lipinski definition) is 2. The fourth-order valence-electron chi connectivity index (χ4n) is 4.21. The molecule has 5 nitrogen and oxygen atoms in total. The van der Waals surface area contributed by atoms with Gasteiger partial charge in [-0.15, -0.1) is 0 Å². The van der Waals surface area contributed by atoms with Gasteiger partial charge in [0.15, 0.2) is 0 Å². The summed E-state index contributed by atoms with van der Waals surface area (Å²) in [6.45, 7) is 2.24. The molecule has 0 rings (SSSR count). The van der Waals surface area contributed by atoms with Crippen LogP contribution in [0.15, 0.2) is 24.3 Å². The van der Waals surface area contributed by atoms with E-state index in [9.17, 15) is 19.5 Å². The van der Waals surface area contributed by atoms with E-state index >= 15 is 0 Å². The Morgan fingerprint density at radius 3 is 1.39 bits per heavy atom. The zero-order valence-electron chi connectivity index (χ0n) is 22.2. The highest BCUT2D eigenvalue weighted by atomic mass is 31.2. The molecule has 0 aliphatic rings. The summed E-state index contributed by atoms with van der Waals surface area (Å²) in [5, 5.41) is 8.63. The van der Waals surface area contributed by atoms with Gasteiger partial charge in [0, 0.05) is 0 Å². The van der Waals surface area contributed by atoms with E-state index in [-0.39, 0.29) is 13.0 Å². The van der Waals surface area contributed by atoms with Gasteiger partial charge in [0.05, 0.1) is 21.1 Å². The fourth-order valence-corrected chi connectivity index (χ4v) is 5.26. The van der Waals surface area contributed by atoms with Crippen LogP contribution in [0.3, 0.4) is 0 Å². The SMILES string of the molecule is CC/C=C\CCCCCCCC/C=C\CCCCCCCCC(O)(C[N+](C)(C)C)P(=O)(O)O. The van der Waals surface area contributed by atoms with Crippen LogP contribution >= 0.6 is 7.60 Å². The molecule has 3 N–H and O–H groups in total. The van der Waals surface area contributed by atoms with Crippen molar-refractivity contribution in [2.45, 2.75) is 121 Å². The summed E-state index contributed by atoms with van der Waals surface area (Å²) in [6.07, 6.45) is 28.4. The Morgan fingerprint density at radius 1 is 0.667 bits per heavy atom. The van der Waals surface area contributed by atoms with Gasteiger partial charge in [0.25, 0.3) is 0 Å². The van der Waals surface area contributed by atoms with Gasteiger partial charge in [-0.3, -0.25) is 4.57 Å². The second-order valence-corrected chi connectivity index (χ2v) is 12.6. The van der Waals surface area contributed by atoms with E-state index in [2.05, 4.69) is 31.2 Å². The maximum absolute atomic E-state index is 11.8. The molecule has 0 bridgehead atoms. The molecule has 0 aliphatic heterocycles. The van der Waals surface area contributed by atoms with E-state index in [4.69, 9.17) is 0 Å². The number of hydrogen-bond donors (Lipinski definition) is 3. The minimum Gasteiger partial charge on any atom is -0.373 e. The third-order valence-corrected chi connectivity index (χ3v) is 7.48. The van der Waals surface area contributed by atoms with Crippen LogP contribution in [-0.4, -0.2) is 52.4 Å². The Labute approximate surface area is 205 Å². The van der Waals surface area contributed by atoms with Crippen molar-refractivity contribution in [3.63, 3.8) is 0 Å². The highest BCUT2D eigenvalue weighted by Gasteiger charge is 2.48. The van der Waals surface area contributed by atoms with Crippen LogP contribution in [0.5, 0.6) is 0 Å². The van der Waals surface area contributed by atoms with Crippen LogP contribution in [0, 0.1) is 0 Å². The summed E-state index contributed by atoms with van der Waals surface area (Å²) < 4.78 is 12.1. The molecule has 196 valence electrons. The van der Waals surface area contributed by atoms with Crippen molar-refractivity contribution in [1.29, 1.82) is 0 Å². The van der Waals surface area contributed by atoms with Crippen molar-refractivity contribution in [2.75, 3.05) is 27.7 Å². The van der Waals surface area contributed by atoms with Gasteiger partial charge >= 0.3 is 7.60 Å². The zero-order valence-corrected chi connectivity index (χ0v) is 23.1. The summed E-state index contributed by atoms with van der Waals surface area (Å²) in [4.78, 5) is 19.2. The topological polar surface area (TPSA) is 77.8 Å². The Bertz CT molecular complexity index is 565. The second-order valence-electron chi connectivity index (χ2n) is 10.7. The highest BCUT2D eigenvalue weighted by molar-refractivity contribution is 7.53. The molecule has 0 amide bonds. The van der Waals surface area contributed by atoms with Crippen LogP contribution < -0.4 is 0 Å². The largest absolute Gasteiger partial charge is 0.373 e. The molecule has 0 radical (unpaired) electrons. The number of allylic oxidation sites excluding steroid dienone is 4. The lowest BCUT2D eigenvalue weighted by atomic mass is 10.0. The van der Waals surface area contributed by atoms with Crippen molar-refractivity contribution in [3.05, 3.63) is 24.3 Å². The predicted octanol–water partition coefficient (Wildman–Crippen LogP) is 7.32. The first-order valence-corrected chi connectivity index (χ1v) is 15.0. The number of aliphatic hydroxyl groups is 1. The second kappa shape index (κ2) is 18.8. The molecule has 0 saturated heterocycles. The van der Waals surface area contributed by atoms with Crippen LogP contribution in [0.25, 0.3) is 0 Å². The third kappa shape index (κ3) is 19.5. The molecule has 0 saturated carbocycles. The average molecular weight is 489 g/mol. The van der Waals surface area contributed by atoms with E-state index < -0.39 is 12.9 Å². The molecule has 0 aromatic rings. The first-order chi connectivity index (χ1) is 15.5. The molecule has 6 heteroatoms. The lowest BCUT2D eigenvalue weighted by Gasteiger charge is -2.35. The van der Waals surface area contributed by atoms with Gasteiger partial charge in [-0.25, -0.2) is 0 Å². The Morgan fingerprint density at radius 2 is 1.03 bits per heavy atom. The lowest BCUT2D eigenvalue weighted by molar-refractivity contribution is -0.875. The molecule has 33 heavy (non-hydrogen) atoms. The summed E-state index contributed by atoms with van der Waals surface area (Å²) in [7, 11) is 0.964. The minimum absolute atomic E-state index is 0.0561. The summed E-state index contributed by atoms with van der Waals surface area (Å²) in [6, 6.07) is 0. The monoisotopic (exact) mass is 488 g/mol. The molecule has 0 heterocycles. The normalized spacial score (nSPS) is 15.0. The standard InChI is InChI=1S/C27H54NO4P/c1-5-6-7-8-9-10-11-12-13-14-15-16-17-18-19-20-21-22-23-24-25-27(29,33(30,31)32)26-28(2,3)4/h6-7,16-17,29H,5,8-15,18-26H2,1-4H3,(H-,30,31,32)/p+1/b7-6-,17-16-. The zero-order chi connectivity index (χ0) is 25.1. The van der Waals surface area contributed by atoms with Crippen LogP contribution in [0.4, 0.5) is 0 Å². The van der Waals surface area contributed by atoms with Crippen LogP contribution in [0.2, 0.25) is 0 Å². The van der Waals surface area contributed by atoms with E-state index in [1.165, 1.54) is 64.2 Å². The van der Waals surface area contributed by atoms with Crippen molar-refractivity contribution in [1.82, 2.24) is 0 Å². The molecule has 0 aromatic carbocycles. The highest BCUT2D eigenvalue weighted by Crippen LogP contribution is 2.52. The number of unbranched alkanes of at least 4 members (excludes halogenated alkanes) is 13. The van der Waals surface area contributed by atoms with Crippen molar-refractivity contribution >= 4 is 7.60 Å². The van der Waals surface area contributed by atoms with Crippen LogP contribution in [-0.2, 0) is 4.57 Å². The van der Waals surface area contributed by atoms with Gasteiger partial charge < -0.3 is 19.4 Å². The summed E-state index contributed by atoms with van der Waals surface area (Å²) >= 11 is 0. The fraction of sp³-hybridized carbons (Fsp3) is 0.852. The van der Waals surface area contributed by atoms with Gasteiger partial charge in [0.2, 0.25) is 5.34 Å². The number of rotatable bonds is 22. The first-order valence-electron chi connectivity index (χ1n) is 13.4. The molecule has 0 fully saturated rings. The Balaban J connectivity index is 3.60. The van der Waals surface area contributed by atoms with E-state index in [1.807, 2.05) is 21.1 Å². The van der Waals surface area contributed by atoms with Crippen molar-refractivity contribution in [2.24, 2.45) is 0 Å². The van der Waals surface area contributed by atoms with E-state index in [0.29, 0.717) is 10.9 Å². The molecular weight excluding hydrogens is 433 g/mol. The molecule has 0 aromatic heterocycles. The molecule has 1 atom stereocenters. The minimum atomic E-state index is -4.55. The van der Waals surface area contributed by atoms with Gasteiger partial charge in [-0.05, 0) is 57.8 Å². The molecular formula is C27H55NO4P+. The maximum Gasteiger partial charge on any atom is 0.362 e. The maximum atomic E-state index is 11.8.